The second-order valence-electron chi connectivity index (χ2n) is 5.17. The Balaban J connectivity index is 2.83. The van der Waals surface area contributed by atoms with Crippen LogP contribution >= 0.6 is 0 Å². The molecule has 0 saturated carbocycles. The second kappa shape index (κ2) is 8.43. The maximum absolute atomic E-state index is 12.3. The number of nitrogens with one attached hydrogen (secondary N) is 2. The van der Waals surface area contributed by atoms with Gasteiger partial charge in [-0.3, -0.25) is 0 Å². The normalized spacial score (nSPS) is 13.6. The molecule has 1 aromatic heterocycles. The molecule has 6 nitrogen and oxygen atoms in total. The lowest BCUT2D eigenvalue weighted by Gasteiger charge is -2.21. The summed E-state index contributed by atoms with van der Waals surface area (Å²) >= 11 is 0. The third kappa shape index (κ3) is 5.70. The van der Waals surface area contributed by atoms with Crippen LogP contribution in [0, 0.1) is 5.92 Å². The molecule has 0 amide bonds. The van der Waals surface area contributed by atoms with Crippen molar-refractivity contribution in [3.63, 3.8) is 0 Å². The van der Waals surface area contributed by atoms with Crippen molar-refractivity contribution in [3.05, 3.63) is 23.9 Å². The van der Waals surface area contributed by atoms with Crippen LogP contribution in [-0.2, 0) is 21.3 Å². The van der Waals surface area contributed by atoms with E-state index in [4.69, 9.17) is 4.74 Å². The molecule has 0 aliphatic heterocycles. The zero-order valence-corrected chi connectivity index (χ0v) is 13.9. The Kier molecular flexibility index (Phi) is 7.24. The van der Waals surface area contributed by atoms with Crippen LogP contribution in [0.3, 0.4) is 0 Å². The lowest BCUT2D eigenvalue weighted by molar-refractivity contribution is 0.116. The predicted octanol–water partition coefficient (Wildman–Crippen LogP) is 1.14. The van der Waals surface area contributed by atoms with Gasteiger partial charge in [-0.1, -0.05) is 19.9 Å². The summed E-state index contributed by atoms with van der Waals surface area (Å²) in [6, 6.07) is 3.01. The molecule has 0 saturated heterocycles. The van der Waals surface area contributed by atoms with Crippen LogP contribution < -0.4 is 10.0 Å². The molecule has 0 aliphatic carbocycles. The standard InChI is InChI=1S/C14H25N3O3S/c1-5-20-10-13(11(2)3)17-21(18,19)14-7-6-12(8-15-4)9-16-14/h6-7,9,11,13,15,17H,5,8,10H2,1-4H3. The highest BCUT2D eigenvalue weighted by molar-refractivity contribution is 7.89. The van der Waals surface area contributed by atoms with Gasteiger partial charge in [0.05, 0.1) is 6.61 Å². The molecule has 7 heteroatoms. The van der Waals surface area contributed by atoms with Gasteiger partial charge in [0, 0.05) is 25.4 Å². The topological polar surface area (TPSA) is 80.3 Å². The van der Waals surface area contributed by atoms with Crippen LogP contribution in [0.25, 0.3) is 0 Å². The molecule has 1 aromatic rings. The first-order chi connectivity index (χ1) is 9.90. The first-order valence-corrected chi connectivity index (χ1v) is 8.58. The number of hydrogen-bond donors (Lipinski definition) is 2. The van der Waals surface area contributed by atoms with Gasteiger partial charge in [-0.25, -0.2) is 18.1 Å². The van der Waals surface area contributed by atoms with Crippen LogP contribution in [0.4, 0.5) is 0 Å². The highest BCUT2D eigenvalue weighted by atomic mass is 32.2. The van der Waals surface area contributed by atoms with E-state index in [0.29, 0.717) is 19.8 Å². The monoisotopic (exact) mass is 315 g/mol. The summed E-state index contributed by atoms with van der Waals surface area (Å²) in [7, 11) is -1.80. The number of ether oxygens (including phenoxy) is 1. The molecule has 0 fully saturated rings. The first-order valence-electron chi connectivity index (χ1n) is 7.10. The SMILES string of the molecule is CCOCC(NS(=O)(=O)c1ccc(CNC)cn1)C(C)C. The van der Waals surface area contributed by atoms with E-state index in [2.05, 4.69) is 15.0 Å². The number of pyridine rings is 1. The van der Waals surface area contributed by atoms with Gasteiger partial charge in [0.1, 0.15) is 0 Å². The summed E-state index contributed by atoms with van der Waals surface area (Å²) in [5.74, 6) is 0.134. The van der Waals surface area contributed by atoms with E-state index in [1.54, 1.807) is 12.3 Å². The predicted molar refractivity (Wildman–Crippen MR) is 82.4 cm³/mol. The fraction of sp³-hybridized carbons (Fsp3) is 0.643. The Hall–Kier alpha value is -1.02. The van der Waals surface area contributed by atoms with E-state index in [1.165, 1.54) is 6.07 Å². The Labute approximate surface area is 127 Å². The van der Waals surface area contributed by atoms with E-state index in [0.717, 1.165) is 5.56 Å². The van der Waals surface area contributed by atoms with Crippen molar-refractivity contribution in [2.24, 2.45) is 5.92 Å². The van der Waals surface area contributed by atoms with Crippen molar-refractivity contribution >= 4 is 10.0 Å². The zero-order valence-electron chi connectivity index (χ0n) is 13.1. The Morgan fingerprint density at radius 2 is 2.05 bits per heavy atom. The molecular weight excluding hydrogens is 290 g/mol. The molecular formula is C14H25N3O3S. The van der Waals surface area contributed by atoms with Gasteiger partial charge < -0.3 is 10.1 Å². The fourth-order valence-corrected chi connectivity index (χ4v) is 3.04. The summed E-state index contributed by atoms with van der Waals surface area (Å²) in [5, 5.41) is 3.02. The molecule has 0 spiro atoms. The molecule has 120 valence electrons. The van der Waals surface area contributed by atoms with E-state index in [-0.39, 0.29) is 17.0 Å². The smallest absolute Gasteiger partial charge is 0.258 e. The first kappa shape index (κ1) is 18.0. The minimum Gasteiger partial charge on any atom is -0.380 e. The van der Waals surface area contributed by atoms with Crippen LogP contribution in [-0.4, -0.2) is 39.7 Å². The quantitative estimate of drug-likeness (QED) is 0.714. The molecule has 0 aliphatic rings. The number of rotatable bonds is 9. The fourth-order valence-electron chi connectivity index (χ4n) is 1.75. The molecule has 0 radical (unpaired) electrons. The largest absolute Gasteiger partial charge is 0.380 e. The molecule has 1 rings (SSSR count). The molecule has 1 unspecified atom stereocenters. The van der Waals surface area contributed by atoms with E-state index < -0.39 is 10.0 Å². The van der Waals surface area contributed by atoms with Crippen molar-refractivity contribution < 1.29 is 13.2 Å². The number of aromatic nitrogens is 1. The van der Waals surface area contributed by atoms with E-state index in [1.807, 2.05) is 27.8 Å². The maximum atomic E-state index is 12.3. The average Bonchev–Trinajstić information content (AvgIpc) is 2.44. The Morgan fingerprint density at radius 3 is 2.52 bits per heavy atom. The Bertz CT molecular complexity index is 515. The molecule has 1 atom stereocenters. The van der Waals surface area contributed by atoms with Gasteiger partial charge in [-0.05, 0) is 31.5 Å². The van der Waals surface area contributed by atoms with Gasteiger partial charge in [0.25, 0.3) is 10.0 Å². The van der Waals surface area contributed by atoms with Crippen molar-refractivity contribution in [2.75, 3.05) is 20.3 Å². The van der Waals surface area contributed by atoms with Gasteiger partial charge in [-0.2, -0.15) is 0 Å². The van der Waals surface area contributed by atoms with Crippen molar-refractivity contribution in [1.29, 1.82) is 0 Å². The molecule has 1 heterocycles. The number of sulfonamides is 1. The van der Waals surface area contributed by atoms with Gasteiger partial charge in [0.15, 0.2) is 5.03 Å². The highest BCUT2D eigenvalue weighted by Gasteiger charge is 2.23. The van der Waals surface area contributed by atoms with Crippen molar-refractivity contribution in [1.82, 2.24) is 15.0 Å². The third-order valence-electron chi connectivity index (χ3n) is 3.07. The van der Waals surface area contributed by atoms with Gasteiger partial charge >= 0.3 is 0 Å². The minimum atomic E-state index is -3.63. The zero-order chi connectivity index (χ0) is 15.9. The Morgan fingerprint density at radius 1 is 1.33 bits per heavy atom. The average molecular weight is 315 g/mol. The molecule has 0 bridgehead atoms. The summed E-state index contributed by atoms with van der Waals surface area (Å²) in [6.45, 7) is 7.35. The van der Waals surface area contributed by atoms with E-state index in [9.17, 15) is 8.42 Å². The lowest BCUT2D eigenvalue weighted by Crippen LogP contribution is -2.42. The highest BCUT2D eigenvalue weighted by Crippen LogP contribution is 2.11. The third-order valence-corrected chi connectivity index (χ3v) is 4.47. The molecule has 2 N–H and O–H groups in total. The van der Waals surface area contributed by atoms with Gasteiger partial charge in [-0.15, -0.1) is 0 Å². The van der Waals surface area contributed by atoms with Crippen LogP contribution in [0.1, 0.15) is 26.3 Å². The second-order valence-corrected chi connectivity index (χ2v) is 6.83. The summed E-state index contributed by atoms with van der Waals surface area (Å²) in [5.41, 5.74) is 0.936. The van der Waals surface area contributed by atoms with Crippen LogP contribution in [0.5, 0.6) is 0 Å². The molecule has 0 aromatic carbocycles. The number of hydrogen-bond acceptors (Lipinski definition) is 5. The van der Waals surface area contributed by atoms with Crippen molar-refractivity contribution in [3.8, 4) is 0 Å². The van der Waals surface area contributed by atoms with Crippen molar-refractivity contribution in [2.45, 2.75) is 38.4 Å². The van der Waals surface area contributed by atoms with Gasteiger partial charge in [0.2, 0.25) is 0 Å². The van der Waals surface area contributed by atoms with Crippen LogP contribution in [0.15, 0.2) is 23.4 Å². The summed E-state index contributed by atoms with van der Waals surface area (Å²) in [6.07, 6.45) is 1.57. The summed E-state index contributed by atoms with van der Waals surface area (Å²) < 4.78 is 32.7. The minimum absolute atomic E-state index is 0.0319. The maximum Gasteiger partial charge on any atom is 0.258 e. The van der Waals surface area contributed by atoms with Crippen LogP contribution in [0.2, 0.25) is 0 Å². The van der Waals surface area contributed by atoms with E-state index >= 15 is 0 Å². The summed E-state index contributed by atoms with van der Waals surface area (Å²) in [4.78, 5) is 4.03. The lowest BCUT2D eigenvalue weighted by atomic mass is 10.1. The molecule has 21 heavy (non-hydrogen) atoms. The number of nitrogens with zero attached hydrogens (tertiary/aromatic N) is 1.